The van der Waals surface area contributed by atoms with Crippen LogP contribution in [-0.4, -0.2) is 33.2 Å². The lowest BCUT2D eigenvalue weighted by Gasteiger charge is -2.03. The quantitative estimate of drug-likeness (QED) is 0.549. The van der Waals surface area contributed by atoms with E-state index in [1.54, 1.807) is 25.3 Å². The van der Waals surface area contributed by atoms with Gasteiger partial charge in [-0.15, -0.1) is 5.10 Å². The van der Waals surface area contributed by atoms with Crippen LogP contribution in [0.15, 0.2) is 65.4 Å². The van der Waals surface area contributed by atoms with Crippen LogP contribution < -0.4 is 10.1 Å². The van der Waals surface area contributed by atoms with Gasteiger partial charge in [-0.3, -0.25) is 4.79 Å². The predicted octanol–water partition coefficient (Wildman–Crippen LogP) is 3.07. The molecule has 0 bridgehead atoms. The molecular formula is C19H15N5O3. The molecule has 0 aliphatic carbocycles. The molecule has 0 spiro atoms. The van der Waals surface area contributed by atoms with E-state index >= 15 is 0 Å². The summed E-state index contributed by atoms with van der Waals surface area (Å²) in [6.07, 6.45) is 4.54. The van der Waals surface area contributed by atoms with Gasteiger partial charge >= 0.3 is 0 Å². The maximum absolute atomic E-state index is 12.1. The van der Waals surface area contributed by atoms with Gasteiger partial charge in [-0.1, -0.05) is 0 Å². The molecule has 0 fully saturated rings. The van der Waals surface area contributed by atoms with Crippen molar-refractivity contribution in [3.8, 4) is 11.4 Å². The molecule has 0 radical (unpaired) electrons. The number of amides is 1. The number of aromatic nitrogens is 4. The third-order valence-electron chi connectivity index (χ3n) is 3.89. The van der Waals surface area contributed by atoms with Crippen LogP contribution in [0.25, 0.3) is 22.7 Å². The Kier molecular flexibility index (Phi) is 4.36. The summed E-state index contributed by atoms with van der Waals surface area (Å²) < 4.78 is 12.4. The van der Waals surface area contributed by atoms with Crippen molar-refractivity contribution in [2.24, 2.45) is 0 Å². The SMILES string of the molecule is COc1ccc2oc(C=CC(=O)Nc3ccc(-n4cnnn4)cc3)cc2c1. The fourth-order valence-corrected chi connectivity index (χ4v) is 2.57. The number of hydrogen-bond acceptors (Lipinski definition) is 6. The molecule has 0 saturated heterocycles. The minimum absolute atomic E-state index is 0.261. The first-order valence-electron chi connectivity index (χ1n) is 8.11. The highest BCUT2D eigenvalue weighted by molar-refractivity contribution is 6.02. The predicted molar refractivity (Wildman–Crippen MR) is 99.6 cm³/mol. The Hall–Kier alpha value is -3.94. The molecule has 4 rings (SSSR count). The summed E-state index contributed by atoms with van der Waals surface area (Å²) >= 11 is 0. The standard InChI is InChI=1S/C19H15N5O3/c1-26-16-6-8-18-13(10-16)11-17(27-18)7-9-19(25)21-14-2-4-15(5-3-14)24-12-20-22-23-24/h2-12H,1H3,(H,21,25). The molecule has 0 unspecified atom stereocenters. The van der Waals surface area contributed by atoms with Crippen LogP contribution in [0.1, 0.15) is 5.76 Å². The highest BCUT2D eigenvalue weighted by atomic mass is 16.5. The lowest BCUT2D eigenvalue weighted by Crippen LogP contribution is -2.07. The Labute approximate surface area is 154 Å². The van der Waals surface area contributed by atoms with E-state index < -0.39 is 0 Å². The number of carbonyl (C=O) groups excluding carboxylic acids is 1. The molecule has 27 heavy (non-hydrogen) atoms. The number of nitrogens with one attached hydrogen (secondary N) is 1. The molecule has 1 N–H and O–H groups in total. The van der Waals surface area contributed by atoms with Crippen molar-refractivity contribution in [3.05, 3.63) is 66.7 Å². The minimum Gasteiger partial charge on any atom is -0.497 e. The molecule has 2 heterocycles. The number of hydrogen-bond donors (Lipinski definition) is 1. The average Bonchev–Trinajstić information content (AvgIpc) is 3.36. The third kappa shape index (κ3) is 3.69. The summed E-state index contributed by atoms with van der Waals surface area (Å²) in [7, 11) is 1.61. The van der Waals surface area contributed by atoms with Crippen molar-refractivity contribution in [1.82, 2.24) is 20.2 Å². The number of fused-ring (bicyclic) bond motifs is 1. The molecule has 2 aromatic carbocycles. The van der Waals surface area contributed by atoms with Gasteiger partial charge in [-0.25, -0.2) is 4.68 Å². The molecule has 4 aromatic rings. The second kappa shape index (κ2) is 7.12. The van der Waals surface area contributed by atoms with Gasteiger partial charge in [0.15, 0.2) is 0 Å². The molecule has 8 nitrogen and oxygen atoms in total. The lowest BCUT2D eigenvalue weighted by molar-refractivity contribution is -0.111. The monoisotopic (exact) mass is 361 g/mol. The molecule has 0 saturated carbocycles. The van der Waals surface area contributed by atoms with E-state index in [9.17, 15) is 4.79 Å². The Morgan fingerprint density at radius 1 is 1.19 bits per heavy atom. The van der Waals surface area contributed by atoms with Crippen LogP contribution in [0.3, 0.4) is 0 Å². The number of carbonyl (C=O) groups is 1. The van der Waals surface area contributed by atoms with Crippen LogP contribution >= 0.6 is 0 Å². The van der Waals surface area contributed by atoms with E-state index in [1.165, 1.54) is 17.1 Å². The summed E-state index contributed by atoms with van der Waals surface area (Å²) in [6.45, 7) is 0. The molecule has 0 atom stereocenters. The second-order valence-electron chi connectivity index (χ2n) is 5.68. The average molecular weight is 361 g/mol. The normalized spacial score (nSPS) is 11.1. The van der Waals surface area contributed by atoms with Crippen LogP contribution in [0.4, 0.5) is 5.69 Å². The zero-order valence-corrected chi connectivity index (χ0v) is 14.4. The smallest absolute Gasteiger partial charge is 0.248 e. The fraction of sp³-hybridized carbons (Fsp3) is 0.0526. The van der Waals surface area contributed by atoms with E-state index in [1.807, 2.05) is 36.4 Å². The van der Waals surface area contributed by atoms with Crippen molar-refractivity contribution in [2.45, 2.75) is 0 Å². The van der Waals surface area contributed by atoms with Crippen molar-refractivity contribution in [2.75, 3.05) is 12.4 Å². The summed E-state index contributed by atoms with van der Waals surface area (Å²) in [5.41, 5.74) is 2.19. The summed E-state index contributed by atoms with van der Waals surface area (Å²) in [5.74, 6) is 1.08. The summed E-state index contributed by atoms with van der Waals surface area (Å²) in [4.78, 5) is 12.1. The second-order valence-corrected chi connectivity index (χ2v) is 5.68. The number of ether oxygens (including phenoxy) is 1. The minimum atomic E-state index is -0.261. The van der Waals surface area contributed by atoms with Gasteiger partial charge in [0.25, 0.3) is 0 Å². The van der Waals surface area contributed by atoms with Crippen molar-refractivity contribution in [3.63, 3.8) is 0 Å². The first-order valence-corrected chi connectivity index (χ1v) is 8.11. The van der Waals surface area contributed by atoms with Crippen LogP contribution in [0.2, 0.25) is 0 Å². The maximum atomic E-state index is 12.1. The highest BCUT2D eigenvalue weighted by Gasteiger charge is 2.04. The molecule has 8 heteroatoms. The number of tetrazole rings is 1. The molecule has 134 valence electrons. The first kappa shape index (κ1) is 16.5. The lowest BCUT2D eigenvalue weighted by atomic mass is 10.2. The highest BCUT2D eigenvalue weighted by Crippen LogP contribution is 2.24. The van der Waals surface area contributed by atoms with Gasteiger partial charge in [-0.2, -0.15) is 0 Å². The van der Waals surface area contributed by atoms with Crippen LogP contribution in [0.5, 0.6) is 5.75 Å². The Morgan fingerprint density at radius 2 is 2.04 bits per heavy atom. The Balaban J connectivity index is 1.43. The molecule has 2 aromatic heterocycles. The van der Waals surface area contributed by atoms with Gasteiger partial charge in [0.05, 0.1) is 12.8 Å². The van der Waals surface area contributed by atoms with Crippen molar-refractivity contribution < 1.29 is 13.9 Å². The summed E-state index contributed by atoms with van der Waals surface area (Å²) in [6, 6.07) is 14.5. The van der Waals surface area contributed by atoms with Crippen molar-refractivity contribution >= 4 is 28.6 Å². The van der Waals surface area contributed by atoms with Gasteiger partial charge in [0.1, 0.15) is 23.4 Å². The number of rotatable bonds is 5. The van der Waals surface area contributed by atoms with E-state index in [0.29, 0.717) is 11.4 Å². The largest absolute Gasteiger partial charge is 0.497 e. The zero-order valence-electron chi connectivity index (χ0n) is 14.4. The van der Waals surface area contributed by atoms with Gasteiger partial charge in [0, 0.05) is 17.1 Å². The number of furan rings is 1. The first-order chi connectivity index (χ1) is 13.2. The summed E-state index contributed by atoms with van der Waals surface area (Å²) in [5, 5.41) is 14.7. The number of methoxy groups -OCH3 is 1. The Bertz CT molecular complexity index is 1100. The number of nitrogens with zero attached hydrogens (tertiary/aromatic N) is 4. The van der Waals surface area contributed by atoms with Crippen LogP contribution in [0, 0.1) is 0 Å². The molecule has 1 amide bonds. The maximum Gasteiger partial charge on any atom is 0.248 e. The van der Waals surface area contributed by atoms with E-state index in [2.05, 4.69) is 20.8 Å². The van der Waals surface area contributed by atoms with E-state index in [4.69, 9.17) is 9.15 Å². The molecule has 0 aliphatic heterocycles. The molecular weight excluding hydrogens is 346 g/mol. The number of anilines is 1. The van der Waals surface area contributed by atoms with E-state index in [-0.39, 0.29) is 5.91 Å². The fourth-order valence-electron chi connectivity index (χ4n) is 2.57. The van der Waals surface area contributed by atoms with Gasteiger partial charge < -0.3 is 14.5 Å². The van der Waals surface area contributed by atoms with Gasteiger partial charge in [-0.05, 0) is 65.0 Å². The Morgan fingerprint density at radius 3 is 2.78 bits per heavy atom. The van der Waals surface area contributed by atoms with Gasteiger partial charge in [0.2, 0.25) is 5.91 Å². The zero-order chi connectivity index (χ0) is 18.6. The molecule has 0 aliphatic rings. The van der Waals surface area contributed by atoms with Crippen molar-refractivity contribution in [1.29, 1.82) is 0 Å². The third-order valence-corrected chi connectivity index (χ3v) is 3.89. The number of benzene rings is 2. The topological polar surface area (TPSA) is 95.1 Å². The van der Waals surface area contributed by atoms with Crippen LogP contribution in [-0.2, 0) is 4.79 Å². The van der Waals surface area contributed by atoms with E-state index in [0.717, 1.165) is 22.4 Å².